The Morgan fingerprint density at radius 2 is 0.722 bits per heavy atom. The van der Waals surface area contributed by atoms with E-state index < -0.39 is 0 Å². The first-order valence-corrected chi connectivity index (χ1v) is 24.6. The summed E-state index contributed by atoms with van der Waals surface area (Å²) < 4.78 is 11.2. The Balaban J connectivity index is 2.08. The largest absolute Gasteiger partial charge is 0.466 e. The van der Waals surface area contributed by atoms with E-state index in [0.717, 1.165) is 18.8 Å². The number of esters is 2. The van der Waals surface area contributed by atoms with Gasteiger partial charge < -0.3 is 14.4 Å². The van der Waals surface area contributed by atoms with E-state index in [0.29, 0.717) is 37.9 Å². The van der Waals surface area contributed by atoms with E-state index in [4.69, 9.17) is 9.47 Å². The fourth-order valence-electron chi connectivity index (χ4n) is 8.63. The highest BCUT2D eigenvalue weighted by atomic mass is 16.5. The van der Waals surface area contributed by atoms with Gasteiger partial charge in [0, 0.05) is 12.8 Å². The lowest BCUT2D eigenvalue weighted by molar-refractivity contribution is -0.146. The van der Waals surface area contributed by atoms with Gasteiger partial charge in [-0.15, -0.1) is 0 Å². The minimum Gasteiger partial charge on any atom is -0.466 e. The molecule has 5 heteroatoms. The zero-order valence-electron chi connectivity index (χ0n) is 37.1. The number of carbonyl (C=O) groups excluding carboxylic acids is 2. The molecule has 0 amide bonds. The molecule has 1 rings (SSSR count). The minimum absolute atomic E-state index is 0.0358. The van der Waals surface area contributed by atoms with Crippen molar-refractivity contribution in [1.29, 1.82) is 0 Å². The molecule has 0 aromatic rings. The summed E-state index contributed by atoms with van der Waals surface area (Å²) in [6.45, 7) is 14.2. The monoisotopic (exact) mass is 762 g/mol. The first-order chi connectivity index (χ1) is 26.5. The molecule has 0 bridgehead atoms. The van der Waals surface area contributed by atoms with Crippen LogP contribution in [0.2, 0.25) is 0 Å². The van der Waals surface area contributed by atoms with Crippen LogP contribution < -0.4 is 0 Å². The maximum absolute atomic E-state index is 12.4. The maximum Gasteiger partial charge on any atom is 0.306 e. The van der Waals surface area contributed by atoms with Gasteiger partial charge in [-0.2, -0.15) is 0 Å². The number of likely N-dealkylation sites (tertiary alicyclic amines) is 1. The molecule has 0 aromatic carbocycles. The molecular weight excluding hydrogens is 667 g/mol. The molecule has 0 saturated carbocycles. The molecule has 0 radical (unpaired) electrons. The highest BCUT2D eigenvalue weighted by Gasteiger charge is 2.17. The van der Waals surface area contributed by atoms with Crippen LogP contribution in [0, 0.1) is 17.8 Å². The molecule has 0 spiro atoms. The second-order valence-electron chi connectivity index (χ2n) is 17.6. The first kappa shape index (κ1) is 50.9. The van der Waals surface area contributed by atoms with E-state index in [1.807, 2.05) is 0 Å². The molecule has 1 heterocycles. The number of carbonyl (C=O) groups is 2. The van der Waals surface area contributed by atoms with Crippen molar-refractivity contribution >= 4 is 11.9 Å². The summed E-state index contributed by atoms with van der Waals surface area (Å²) in [5.74, 6) is 2.03. The Hall–Kier alpha value is -1.10. The van der Waals surface area contributed by atoms with Gasteiger partial charge in [-0.25, -0.2) is 0 Å². The topological polar surface area (TPSA) is 55.8 Å². The van der Waals surface area contributed by atoms with Crippen molar-refractivity contribution in [1.82, 2.24) is 4.90 Å². The van der Waals surface area contributed by atoms with Crippen LogP contribution in [0.4, 0.5) is 0 Å². The van der Waals surface area contributed by atoms with Gasteiger partial charge in [0.1, 0.15) is 0 Å². The Bertz CT molecular complexity index is 740. The van der Waals surface area contributed by atoms with E-state index >= 15 is 0 Å². The van der Waals surface area contributed by atoms with Crippen LogP contribution in [-0.4, -0.2) is 49.7 Å². The fraction of sp³-hybridized carbons (Fsp3) is 0.959. The summed E-state index contributed by atoms with van der Waals surface area (Å²) in [6, 6.07) is 0. The molecule has 0 unspecified atom stereocenters. The van der Waals surface area contributed by atoms with Gasteiger partial charge >= 0.3 is 11.9 Å². The number of hydrogen-bond acceptors (Lipinski definition) is 5. The average Bonchev–Trinajstić information content (AvgIpc) is 3.70. The van der Waals surface area contributed by atoms with E-state index in [1.165, 1.54) is 219 Å². The van der Waals surface area contributed by atoms with E-state index in [2.05, 4.69) is 32.6 Å². The van der Waals surface area contributed by atoms with Crippen LogP contribution in [0.5, 0.6) is 0 Å². The van der Waals surface area contributed by atoms with Gasteiger partial charge in [-0.05, 0) is 95.2 Å². The number of ether oxygens (including phenoxy) is 2. The molecule has 5 nitrogen and oxygen atoms in total. The lowest BCUT2D eigenvalue weighted by Gasteiger charge is -2.21. The number of unbranched alkanes of at least 4 members (excludes halogenated alkanes) is 18. The van der Waals surface area contributed by atoms with E-state index in [-0.39, 0.29) is 11.9 Å². The van der Waals surface area contributed by atoms with Crippen LogP contribution >= 0.6 is 0 Å². The maximum atomic E-state index is 12.4. The average molecular weight is 762 g/mol. The van der Waals surface area contributed by atoms with Crippen molar-refractivity contribution in [3.63, 3.8) is 0 Å². The van der Waals surface area contributed by atoms with Crippen molar-refractivity contribution in [3.05, 3.63) is 0 Å². The summed E-state index contributed by atoms with van der Waals surface area (Å²) in [5, 5.41) is 0. The van der Waals surface area contributed by atoms with Gasteiger partial charge in [-0.3, -0.25) is 9.59 Å². The van der Waals surface area contributed by atoms with Crippen LogP contribution in [0.1, 0.15) is 252 Å². The second kappa shape index (κ2) is 38.8. The number of hydrogen-bond donors (Lipinski definition) is 0. The zero-order chi connectivity index (χ0) is 39.2. The lowest BCUT2D eigenvalue weighted by Crippen LogP contribution is -2.22. The summed E-state index contributed by atoms with van der Waals surface area (Å²) in [5.41, 5.74) is 0. The Morgan fingerprint density at radius 1 is 0.407 bits per heavy atom. The third-order valence-electron chi connectivity index (χ3n) is 12.4. The standard InChI is InChI=1S/C49H95NO4/c1-5-9-31-46(32-10-6-2)43-48(51)53-41-29-23-19-15-13-17-21-25-35-45(37-40-50-38-27-28-39-50)36-26-22-18-14-16-20-24-30-42-54-49(52)44-47(33-11-7-3)34-12-8-4/h45-47H,5-44H2,1-4H3. The predicted octanol–water partition coefficient (Wildman–Crippen LogP) is 15.0. The third kappa shape index (κ3) is 32.0. The van der Waals surface area contributed by atoms with Crippen molar-refractivity contribution < 1.29 is 19.1 Å². The van der Waals surface area contributed by atoms with E-state index in [9.17, 15) is 9.59 Å². The summed E-state index contributed by atoms with van der Waals surface area (Å²) >= 11 is 0. The minimum atomic E-state index is 0.0358. The highest BCUT2D eigenvalue weighted by molar-refractivity contribution is 5.70. The molecule has 1 fully saturated rings. The van der Waals surface area contributed by atoms with Crippen molar-refractivity contribution in [2.45, 2.75) is 252 Å². The smallest absolute Gasteiger partial charge is 0.306 e. The Labute approximate surface area is 338 Å². The van der Waals surface area contributed by atoms with Crippen LogP contribution in [0.25, 0.3) is 0 Å². The molecule has 0 atom stereocenters. The number of rotatable bonds is 41. The molecule has 1 aliphatic heterocycles. The van der Waals surface area contributed by atoms with Crippen LogP contribution in [-0.2, 0) is 19.1 Å². The van der Waals surface area contributed by atoms with Crippen molar-refractivity contribution in [2.75, 3.05) is 32.8 Å². The molecule has 54 heavy (non-hydrogen) atoms. The molecular formula is C49H95NO4. The SMILES string of the molecule is CCCCC(CCCC)CC(=O)OCCCCCCCCCCC(CCCCCCCCCCOC(=O)CC(CCCC)CCCC)CCN1CCCC1. The second-order valence-corrected chi connectivity index (χ2v) is 17.6. The van der Waals surface area contributed by atoms with E-state index in [1.54, 1.807) is 0 Å². The van der Waals surface area contributed by atoms with Gasteiger partial charge in [0.25, 0.3) is 0 Å². The molecule has 0 aliphatic carbocycles. The van der Waals surface area contributed by atoms with Gasteiger partial charge in [0.05, 0.1) is 13.2 Å². The van der Waals surface area contributed by atoms with Gasteiger partial charge in [0.2, 0.25) is 0 Å². The molecule has 0 N–H and O–H groups in total. The van der Waals surface area contributed by atoms with Gasteiger partial charge in [0.15, 0.2) is 0 Å². The molecule has 1 aliphatic rings. The summed E-state index contributed by atoms with van der Waals surface area (Å²) in [4.78, 5) is 27.4. The molecule has 0 aromatic heterocycles. The predicted molar refractivity (Wildman–Crippen MR) is 233 cm³/mol. The Morgan fingerprint density at radius 3 is 1.07 bits per heavy atom. The summed E-state index contributed by atoms with van der Waals surface area (Å²) in [6.07, 6.45) is 43.5. The third-order valence-corrected chi connectivity index (χ3v) is 12.4. The Kier molecular flexibility index (Phi) is 36.5. The quantitative estimate of drug-likeness (QED) is 0.0459. The molecule has 1 saturated heterocycles. The van der Waals surface area contributed by atoms with Crippen LogP contribution in [0.15, 0.2) is 0 Å². The van der Waals surface area contributed by atoms with Crippen molar-refractivity contribution in [2.24, 2.45) is 17.8 Å². The molecule has 320 valence electrons. The summed E-state index contributed by atoms with van der Waals surface area (Å²) in [7, 11) is 0. The number of nitrogens with zero attached hydrogens (tertiary/aromatic N) is 1. The highest BCUT2D eigenvalue weighted by Crippen LogP contribution is 2.25. The lowest BCUT2D eigenvalue weighted by atomic mass is 9.91. The first-order valence-electron chi connectivity index (χ1n) is 24.6. The zero-order valence-corrected chi connectivity index (χ0v) is 37.1. The van der Waals surface area contributed by atoms with Crippen molar-refractivity contribution in [3.8, 4) is 0 Å². The fourth-order valence-corrected chi connectivity index (χ4v) is 8.63. The van der Waals surface area contributed by atoms with Crippen LogP contribution in [0.3, 0.4) is 0 Å². The normalized spacial score (nSPS) is 13.5. The van der Waals surface area contributed by atoms with Gasteiger partial charge in [-0.1, -0.05) is 182 Å².